The average Bonchev–Trinajstić information content (AvgIpc) is 2.12. The quantitative estimate of drug-likeness (QED) is 0.633. The fourth-order valence-corrected chi connectivity index (χ4v) is 1.96. The second-order valence-corrected chi connectivity index (χ2v) is 3.95. The molecular formula is C9H18N2O2S. The van der Waals surface area contributed by atoms with Crippen molar-refractivity contribution in [3.05, 3.63) is 0 Å². The molecule has 1 amide bonds. The Bertz CT molecular complexity index is 197. The second-order valence-electron chi connectivity index (χ2n) is 2.92. The number of nitrogens with one attached hydrogen (secondary N) is 2. The van der Waals surface area contributed by atoms with E-state index in [9.17, 15) is 9.59 Å². The number of thioether (sulfide) groups is 1. The molecule has 4 nitrogen and oxygen atoms in total. The number of rotatable bonds is 7. The molecule has 0 aliphatic carbocycles. The molecule has 0 rings (SSSR count). The van der Waals surface area contributed by atoms with Crippen LogP contribution in [0.25, 0.3) is 0 Å². The molecule has 82 valence electrons. The summed E-state index contributed by atoms with van der Waals surface area (Å²) < 4.78 is 0. The molecule has 0 aromatic heterocycles. The van der Waals surface area contributed by atoms with E-state index in [0.29, 0.717) is 18.1 Å². The smallest absolute Gasteiger partial charge is 0.229 e. The standard InChI is InChI=1S/C9H18N2O2S/c1-4-11-9(13)6-14-5-8(10-3)7(2)12/h8,10H,4-6H2,1-3H3,(H,11,13). The highest BCUT2D eigenvalue weighted by Crippen LogP contribution is 2.03. The summed E-state index contributed by atoms with van der Waals surface area (Å²) in [6.07, 6.45) is 0. The minimum absolute atomic E-state index is 0.0240. The molecule has 0 fully saturated rings. The summed E-state index contributed by atoms with van der Waals surface area (Å²) in [7, 11) is 1.75. The van der Waals surface area contributed by atoms with Gasteiger partial charge in [0, 0.05) is 12.3 Å². The van der Waals surface area contributed by atoms with Crippen LogP contribution in [0.2, 0.25) is 0 Å². The van der Waals surface area contributed by atoms with Crippen molar-refractivity contribution in [1.82, 2.24) is 10.6 Å². The molecule has 0 saturated heterocycles. The van der Waals surface area contributed by atoms with Crippen LogP contribution >= 0.6 is 11.8 Å². The lowest BCUT2D eigenvalue weighted by Gasteiger charge is -2.11. The van der Waals surface area contributed by atoms with Gasteiger partial charge in [0.25, 0.3) is 0 Å². The molecule has 0 aliphatic heterocycles. The molecule has 0 saturated carbocycles. The van der Waals surface area contributed by atoms with Crippen molar-refractivity contribution in [3.63, 3.8) is 0 Å². The summed E-state index contributed by atoms with van der Waals surface area (Å²) in [5.41, 5.74) is 0. The van der Waals surface area contributed by atoms with Gasteiger partial charge in [-0.25, -0.2) is 0 Å². The number of hydrogen-bond acceptors (Lipinski definition) is 4. The molecule has 2 N–H and O–H groups in total. The van der Waals surface area contributed by atoms with E-state index in [1.165, 1.54) is 11.8 Å². The van der Waals surface area contributed by atoms with Crippen LogP contribution < -0.4 is 10.6 Å². The highest BCUT2D eigenvalue weighted by Gasteiger charge is 2.11. The van der Waals surface area contributed by atoms with E-state index >= 15 is 0 Å². The first kappa shape index (κ1) is 13.4. The van der Waals surface area contributed by atoms with Gasteiger partial charge >= 0.3 is 0 Å². The average molecular weight is 218 g/mol. The SMILES string of the molecule is CCNC(=O)CSCC(NC)C(C)=O. The first-order chi connectivity index (χ1) is 6.61. The van der Waals surface area contributed by atoms with Crippen molar-refractivity contribution in [1.29, 1.82) is 0 Å². The summed E-state index contributed by atoms with van der Waals surface area (Å²) >= 11 is 1.47. The maximum absolute atomic E-state index is 11.0. The zero-order chi connectivity index (χ0) is 11.0. The van der Waals surface area contributed by atoms with Gasteiger partial charge in [0.1, 0.15) is 5.78 Å². The minimum Gasteiger partial charge on any atom is -0.356 e. The van der Waals surface area contributed by atoms with Crippen molar-refractivity contribution in [2.75, 3.05) is 25.1 Å². The molecule has 0 aliphatic rings. The molecule has 0 radical (unpaired) electrons. The van der Waals surface area contributed by atoms with Gasteiger partial charge in [0.05, 0.1) is 11.8 Å². The molecule has 0 heterocycles. The fraction of sp³-hybridized carbons (Fsp3) is 0.778. The van der Waals surface area contributed by atoms with Gasteiger partial charge in [-0.05, 0) is 20.9 Å². The maximum Gasteiger partial charge on any atom is 0.229 e. The van der Waals surface area contributed by atoms with Crippen molar-refractivity contribution in [2.45, 2.75) is 19.9 Å². The van der Waals surface area contributed by atoms with Crippen LogP contribution in [-0.2, 0) is 9.59 Å². The minimum atomic E-state index is -0.144. The Morgan fingerprint density at radius 1 is 1.43 bits per heavy atom. The van der Waals surface area contributed by atoms with Gasteiger partial charge in [0.15, 0.2) is 0 Å². The Morgan fingerprint density at radius 2 is 2.07 bits per heavy atom. The van der Waals surface area contributed by atoms with E-state index in [1.54, 1.807) is 14.0 Å². The zero-order valence-electron chi connectivity index (χ0n) is 8.92. The maximum atomic E-state index is 11.0. The molecule has 1 unspecified atom stereocenters. The van der Waals surface area contributed by atoms with E-state index in [0.717, 1.165) is 0 Å². The first-order valence-corrected chi connectivity index (χ1v) is 5.79. The largest absolute Gasteiger partial charge is 0.356 e. The summed E-state index contributed by atoms with van der Waals surface area (Å²) in [6, 6.07) is -0.144. The van der Waals surface area contributed by atoms with Gasteiger partial charge in [-0.1, -0.05) is 0 Å². The highest BCUT2D eigenvalue weighted by molar-refractivity contribution is 8.00. The van der Waals surface area contributed by atoms with E-state index in [-0.39, 0.29) is 17.7 Å². The monoisotopic (exact) mass is 218 g/mol. The first-order valence-electron chi connectivity index (χ1n) is 4.64. The summed E-state index contributed by atoms with van der Waals surface area (Å²) in [4.78, 5) is 22.0. The number of likely N-dealkylation sites (N-methyl/N-ethyl adjacent to an activating group) is 1. The number of amides is 1. The number of carbonyl (C=O) groups is 2. The van der Waals surface area contributed by atoms with Gasteiger partial charge in [-0.15, -0.1) is 11.8 Å². The van der Waals surface area contributed by atoms with Gasteiger partial charge in [0.2, 0.25) is 5.91 Å². The number of ketones is 1. The van der Waals surface area contributed by atoms with Crippen LogP contribution in [0.5, 0.6) is 0 Å². The Labute approximate surface area is 89.2 Å². The normalized spacial score (nSPS) is 12.2. The van der Waals surface area contributed by atoms with Crippen molar-refractivity contribution >= 4 is 23.5 Å². The van der Waals surface area contributed by atoms with Crippen LogP contribution in [0.15, 0.2) is 0 Å². The lowest BCUT2D eigenvalue weighted by Crippen LogP contribution is -2.35. The highest BCUT2D eigenvalue weighted by atomic mass is 32.2. The van der Waals surface area contributed by atoms with Crippen LogP contribution in [-0.4, -0.2) is 42.8 Å². The van der Waals surface area contributed by atoms with E-state index < -0.39 is 0 Å². The van der Waals surface area contributed by atoms with E-state index in [4.69, 9.17) is 0 Å². The molecule has 1 atom stereocenters. The predicted octanol–water partition coefficient (Wildman–Crippen LogP) is 0.0327. The molecule has 0 aromatic carbocycles. The molecule has 0 bridgehead atoms. The molecular weight excluding hydrogens is 200 g/mol. The summed E-state index contributed by atoms with van der Waals surface area (Å²) in [5, 5.41) is 5.61. The number of Topliss-reactive ketones (excluding diaryl/α,β-unsaturated/α-hetero) is 1. The Balaban J connectivity index is 3.61. The lowest BCUT2D eigenvalue weighted by atomic mass is 10.2. The van der Waals surface area contributed by atoms with Crippen molar-refractivity contribution < 1.29 is 9.59 Å². The molecule has 5 heteroatoms. The van der Waals surface area contributed by atoms with Crippen molar-refractivity contribution in [3.8, 4) is 0 Å². The van der Waals surface area contributed by atoms with Gasteiger partial charge in [-0.3, -0.25) is 9.59 Å². The lowest BCUT2D eigenvalue weighted by molar-refractivity contribution is -0.119. The molecule has 14 heavy (non-hydrogen) atoms. The van der Waals surface area contributed by atoms with E-state index in [2.05, 4.69) is 10.6 Å². The third-order valence-electron chi connectivity index (χ3n) is 1.73. The molecule has 0 aromatic rings. The number of hydrogen-bond donors (Lipinski definition) is 2. The Morgan fingerprint density at radius 3 is 2.50 bits per heavy atom. The van der Waals surface area contributed by atoms with Crippen LogP contribution in [0.1, 0.15) is 13.8 Å². The molecule has 0 spiro atoms. The summed E-state index contributed by atoms with van der Waals surface area (Å²) in [5.74, 6) is 1.19. The second kappa shape index (κ2) is 7.82. The van der Waals surface area contributed by atoms with Crippen LogP contribution in [0, 0.1) is 0 Å². The predicted molar refractivity (Wildman–Crippen MR) is 59.5 cm³/mol. The Kier molecular flexibility index (Phi) is 7.51. The van der Waals surface area contributed by atoms with Gasteiger partial charge < -0.3 is 10.6 Å². The Hall–Kier alpha value is -0.550. The summed E-state index contributed by atoms with van der Waals surface area (Å²) in [6.45, 7) is 4.09. The number of carbonyl (C=O) groups excluding carboxylic acids is 2. The zero-order valence-corrected chi connectivity index (χ0v) is 9.74. The third-order valence-corrected chi connectivity index (χ3v) is 2.77. The fourth-order valence-electron chi connectivity index (χ4n) is 0.922. The van der Waals surface area contributed by atoms with Crippen molar-refractivity contribution in [2.24, 2.45) is 0 Å². The topological polar surface area (TPSA) is 58.2 Å². The van der Waals surface area contributed by atoms with Gasteiger partial charge in [-0.2, -0.15) is 0 Å². The van der Waals surface area contributed by atoms with Crippen LogP contribution in [0.3, 0.4) is 0 Å². The third kappa shape index (κ3) is 5.99. The van der Waals surface area contributed by atoms with E-state index in [1.807, 2.05) is 6.92 Å². The van der Waals surface area contributed by atoms with Crippen LogP contribution in [0.4, 0.5) is 0 Å².